The average molecular weight is 388 g/mol. The highest BCUT2D eigenvalue weighted by Gasteiger charge is 2.27. The molecule has 1 heterocycles. The fraction of sp³-hybridized carbons (Fsp3) is 0.381. The highest BCUT2D eigenvalue weighted by Crippen LogP contribution is 2.29. The van der Waals surface area contributed by atoms with Crippen LogP contribution in [-0.2, 0) is 21.6 Å². The van der Waals surface area contributed by atoms with Crippen molar-refractivity contribution in [3.8, 4) is 5.75 Å². The first kappa shape index (κ1) is 19.7. The van der Waals surface area contributed by atoms with E-state index in [1.807, 2.05) is 36.0 Å². The van der Waals surface area contributed by atoms with Crippen molar-refractivity contribution in [1.82, 2.24) is 0 Å². The van der Waals surface area contributed by atoms with Gasteiger partial charge in [0.2, 0.25) is 0 Å². The van der Waals surface area contributed by atoms with Gasteiger partial charge in [-0.2, -0.15) is 0 Å². The average Bonchev–Trinajstić information content (AvgIpc) is 3.23. The molecular weight excluding hydrogens is 364 g/mol. The predicted molar refractivity (Wildman–Crippen MR) is 105 cm³/mol. The third kappa shape index (κ3) is 5.73. The number of hydrogen-bond acceptors (Lipinski definition) is 5. The summed E-state index contributed by atoms with van der Waals surface area (Å²) in [5.41, 5.74) is 2.66. The van der Waals surface area contributed by atoms with Gasteiger partial charge >= 0.3 is 5.97 Å². The summed E-state index contributed by atoms with van der Waals surface area (Å²) in [7, 11) is 1.66. The molecule has 0 amide bonds. The van der Waals surface area contributed by atoms with E-state index < -0.39 is 5.97 Å². The standard InChI is InChI=1S/C21H24O5S/c1-24-18-9-4-16(5-10-18)14-27-19(21-25-12-13-26-21)11-6-15-2-7-17(8-3-15)20(22)23/h2-5,7-10,19,21H,6,11-14H2,1H3,(H,22,23). The second-order valence-electron chi connectivity index (χ2n) is 6.35. The van der Waals surface area contributed by atoms with E-state index in [0.29, 0.717) is 18.8 Å². The van der Waals surface area contributed by atoms with Crippen molar-refractivity contribution >= 4 is 17.7 Å². The van der Waals surface area contributed by atoms with Crippen LogP contribution in [0, 0.1) is 0 Å². The number of carboxylic acids is 1. The zero-order valence-electron chi connectivity index (χ0n) is 15.3. The lowest BCUT2D eigenvalue weighted by Crippen LogP contribution is -2.25. The Morgan fingerprint density at radius 1 is 1.11 bits per heavy atom. The molecule has 6 heteroatoms. The van der Waals surface area contributed by atoms with Crippen molar-refractivity contribution in [2.75, 3.05) is 20.3 Å². The summed E-state index contributed by atoms with van der Waals surface area (Å²) < 4.78 is 16.7. The minimum atomic E-state index is -0.901. The van der Waals surface area contributed by atoms with Gasteiger partial charge in [0.25, 0.3) is 0 Å². The Hall–Kier alpha value is -2.02. The van der Waals surface area contributed by atoms with E-state index in [9.17, 15) is 4.79 Å². The number of thioether (sulfide) groups is 1. The van der Waals surface area contributed by atoms with Gasteiger partial charge in [-0.15, -0.1) is 11.8 Å². The van der Waals surface area contributed by atoms with E-state index in [0.717, 1.165) is 29.9 Å². The molecule has 0 bridgehead atoms. The number of hydrogen-bond donors (Lipinski definition) is 1. The molecule has 27 heavy (non-hydrogen) atoms. The molecule has 0 radical (unpaired) electrons. The molecule has 1 aliphatic rings. The van der Waals surface area contributed by atoms with Crippen molar-refractivity contribution in [3.63, 3.8) is 0 Å². The Morgan fingerprint density at radius 2 is 1.74 bits per heavy atom. The molecule has 144 valence electrons. The molecule has 0 saturated carbocycles. The summed E-state index contributed by atoms with van der Waals surface area (Å²) in [5.74, 6) is 0.824. The molecule has 2 aromatic carbocycles. The highest BCUT2D eigenvalue weighted by molar-refractivity contribution is 7.99. The maximum Gasteiger partial charge on any atom is 0.335 e. The molecule has 5 nitrogen and oxygen atoms in total. The first-order chi connectivity index (χ1) is 13.2. The summed E-state index contributed by atoms with van der Waals surface area (Å²) in [6.07, 6.45) is 1.56. The molecule has 1 saturated heterocycles. The second-order valence-corrected chi connectivity index (χ2v) is 7.58. The molecule has 1 aliphatic heterocycles. The van der Waals surface area contributed by atoms with Crippen molar-refractivity contribution in [2.45, 2.75) is 30.1 Å². The van der Waals surface area contributed by atoms with Gasteiger partial charge in [0.05, 0.1) is 31.1 Å². The van der Waals surface area contributed by atoms with Crippen LogP contribution < -0.4 is 4.74 Å². The van der Waals surface area contributed by atoms with Crippen LogP contribution in [0.25, 0.3) is 0 Å². The number of ether oxygens (including phenoxy) is 3. The molecular formula is C21H24O5S. The number of methoxy groups -OCH3 is 1. The van der Waals surface area contributed by atoms with Crippen LogP contribution in [-0.4, -0.2) is 42.9 Å². The molecule has 1 N–H and O–H groups in total. The number of aryl methyl sites for hydroxylation is 1. The van der Waals surface area contributed by atoms with E-state index in [2.05, 4.69) is 12.1 Å². The lowest BCUT2D eigenvalue weighted by Gasteiger charge is -2.22. The number of benzene rings is 2. The number of carbonyl (C=O) groups is 1. The molecule has 3 rings (SSSR count). The van der Waals surface area contributed by atoms with Crippen LogP contribution in [0.1, 0.15) is 27.9 Å². The smallest absolute Gasteiger partial charge is 0.335 e. The van der Waals surface area contributed by atoms with Crippen LogP contribution in [0.4, 0.5) is 0 Å². The summed E-state index contributed by atoms with van der Waals surface area (Å²) in [5, 5.41) is 9.22. The first-order valence-corrected chi connectivity index (χ1v) is 10.0. The van der Waals surface area contributed by atoms with Crippen molar-refractivity contribution in [1.29, 1.82) is 0 Å². The third-order valence-corrected chi connectivity index (χ3v) is 5.88. The quantitative estimate of drug-likeness (QED) is 0.700. The number of carboxylic acid groups (broad SMARTS) is 1. The SMILES string of the molecule is COc1ccc(CSC(CCc2ccc(C(=O)O)cc2)C2OCCO2)cc1. The van der Waals surface area contributed by atoms with Gasteiger partial charge in [0, 0.05) is 5.75 Å². The van der Waals surface area contributed by atoms with Gasteiger partial charge in [0.1, 0.15) is 5.75 Å². The fourth-order valence-electron chi connectivity index (χ4n) is 2.94. The summed E-state index contributed by atoms with van der Waals surface area (Å²) >= 11 is 1.83. The topological polar surface area (TPSA) is 65.0 Å². The highest BCUT2D eigenvalue weighted by atomic mass is 32.2. The van der Waals surface area contributed by atoms with E-state index in [1.54, 1.807) is 19.2 Å². The summed E-state index contributed by atoms with van der Waals surface area (Å²) in [6, 6.07) is 15.2. The fourth-order valence-corrected chi connectivity index (χ4v) is 4.13. The van der Waals surface area contributed by atoms with E-state index >= 15 is 0 Å². The molecule has 0 aromatic heterocycles. The van der Waals surface area contributed by atoms with Crippen LogP contribution >= 0.6 is 11.8 Å². The normalized spacial score (nSPS) is 15.6. The van der Waals surface area contributed by atoms with Crippen molar-refractivity contribution in [2.24, 2.45) is 0 Å². The van der Waals surface area contributed by atoms with Gasteiger partial charge in [-0.05, 0) is 48.2 Å². The lowest BCUT2D eigenvalue weighted by atomic mass is 10.1. The maximum absolute atomic E-state index is 11.0. The molecule has 0 spiro atoms. The van der Waals surface area contributed by atoms with Crippen LogP contribution in [0.5, 0.6) is 5.75 Å². The van der Waals surface area contributed by atoms with Gasteiger partial charge in [0.15, 0.2) is 6.29 Å². The van der Waals surface area contributed by atoms with Crippen LogP contribution in [0.15, 0.2) is 48.5 Å². The monoisotopic (exact) mass is 388 g/mol. The Balaban J connectivity index is 1.58. The molecule has 2 aromatic rings. The van der Waals surface area contributed by atoms with Gasteiger partial charge < -0.3 is 19.3 Å². The van der Waals surface area contributed by atoms with Gasteiger partial charge in [-0.3, -0.25) is 0 Å². The minimum Gasteiger partial charge on any atom is -0.497 e. The van der Waals surface area contributed by atoms with Crippen LogP contribution in [0.3, 0.4) is 0 Å². The summed E-state index contributed by atoms with van der Waals surface area (Å²) in [4.78, 5) is 11.0. The van der Waals surface area contributed by atoms with Crippen molar-refractivity contribution < 1.29 is 24.1 Å². The Morgan fingerprint density at radius 3 is 2.33 bits per heavy atom. The lowest BCUT2D eigenvalue weighted by molar-refractivity contribution is -0.0427. The third-order valence-electron chi connectivity index (χ3n) is 4.49. The molecule has 1 unspecified atom stereocenters. The van der Waals surface area contributed by atoms with E-state index in [4.69, 9.17) is 19.3 Å². The maximum atomic E-state index is 11.0. The minimum absolute atomic E-state index is 0.188. The molecule has 0 aliphatic carbocycles. The van der Waals surface area contributed by atoms with Crippen LogP contribution in [0.2, 0.25) is 0 Å². The number of aromatic carboxylic acids is 1. The zero-order valence-corrected chi connectivity index (χ0v) is 16.1. The molecule has 1 atom stereocenters. The van der Waals surface area contributed by atoms with Gasteiger partial charge in [-0.1, -0.05) is 24.3 Å². The Bertz CT molecular complexity index is 723. The zero-order chi connectivity index (χ0) is 19.1. The van der Waals surface area contributed by atoms with E-state index in [-0.39, 0.29) is 11.5 Å². The number of rotatable bonds is 9. The van der Waals surface area contributed by atoms with Crippen molar-refractivity contribution in [3.05, 3.63) is 65.2 Å². The van der Waals surface area contributed by atoms with Gasteiger partial charge in [-0.25, -0.2) is 4.79 Å². The summed E-state index contributed by atoms with van der Waals surface area (Å²) in [6.45, 7) is 1.27. The second kappa shape index (κ2) is 9.78. The predicted octanol–water partition coefficient (Wildman–Crippen LogP) is 4.00. The molecule has 1 fully saturated rings. The largest absolute Gasteiger partial charge is 0.497 e. The Kier molecular flexibility index (Phi) is 7.15. The Labute approximate surface area is 163 Å². The first-order valence-electron chi connectivity index (χ1n) is 8.95. The van der Waals surface area contributed by atoms with E-state index in [1.165, 1.54) is 5.56 Å².